The van der Waals surface area contributed by atoms with Crippen molar-refractivity contribution in [3.8, 4) is 0 Å². The van der Waals surface area contributed by atoms with Gasteiger partial charge in [0, 0.05) is 32.8 Å². The van der Waals surface area contributed by atoms with E-state index in [9.17, 15) is 5.11 Å². The van der Waals surface area contributed by atoms with Crippen LogP contribution in [-0.2, 0) is 9.47 Å². The molecule has 274 valence electrons. The van der Waals surface area contributed by atoms with Crippen LogP contribution in [0.15, 0.2) is 48.6 Å². The summed E-state index contributed by atoms with van der Waals surface area (Å²) in [5, 5.41) is 9.91. The molecule has 0 aromatic heterocycles. The van der Waals surface area contributed by atoms with Gasteiger partial charge in [-0.05, 0) is 84.0 Å². The number of aliphatic hydroxyl groups is 1. The Kier molecular flexibility index (Phi) is 32.3. The van der Waals surface area contributed by atoms with Crippen LogP contribution in [0.3, 0.4) is 0 Å². The highest BCUT2D eigenvalue weighted by Gasteiger charge is 2.34. The van der Waals surface area contributed by atoms with E-state index in [0.717, 1.165) is 52.0 Å². The molecule has 1 unspecified atom stereocenters. The fourth-order valence-electron chi connectivity index (χ4n) is 6.31. The summed E-state index contributed by atoms with van der Waals surface area (Å²) in [4.78, 5) is 2.32. The highest BCUT2D eigenvalue weighted by Crippen LogP contribution is 2.19. The van der Waals surface area contributed by atoms with Crippen molar-refractivity contribution in [1.29, 1.82) is 0 Å². The van der Waals surface area contributed by atoms with E-state index in [2.05, 4.69) is 67.4 Å². The van der Waals surface area contributed by atoms with Crippen LogP contribution in [0.4, 0.5) is 0 Å². The Morgan fingerprint density at radius 1 is 0.511 bits per heavy atom. The van der Waals surface area contributed by atoms with E-state index in [1.54, 1.807) is 0 Å². The van der Waals surface area contributed by atoms with Crippen LogP contribution in [0.2, 0.25) is 0 Å². The molecule has 3 atom stereocenters. The number of likely N-dealkylation sites (tertiary alicyclic amines) is 1. The molecule has 4 nitrogen and oxygen atoms in total. The second-order valence-electron chi connectivity index (χ2n) is 14.1. The summed E-state index contributed by atoms with van der Waals surface area (Å²) >= 11 is 0. The van der Waals surface area contributed by atoms with E-state index < -0.39 is 0 Å². The first-order chi connectivity index (χ1) is 23.2. The molecule has 0 radical (unpaired) electrons. The number of hydrogen-bond donors (Lipinski definition) is 1. The van der Waals surface area contributed by atoms with Crippen LogP contribution in [0, 0.1) is 0 Å². The molecule has 1 aliphatic heterocycles. The molecule has 0 aromatic carbocycles. The number of hydrogen-bond acceptors (Lipinski definition) is 4. The van der Waals surface area contributed by atoms with Gasteiger partial charge < -0.3 is 14.6 Å². The predicted octanol–water partition coefficient (Wildman–Crippen LogP) is 12.1. The summed E-state index contributed by atoms with van der Waals surface area (Å²) in [5.41, 5.74) is 0. The molecular weight excluding hydrogens is 578 g/mol. The van der Waals surface area contributed by atoms with Crippen molar-refractivity contribution < 1.29 is 14.6 Å². The first-order valence-corrected chi connectivity index (χ1v) is 20.4. The first kappa shape index (κ1) is 43.8. The van der Waals surface area contributed by atoms with Crippen molar-refractivity contribution in [1.82, 2.24) is 4.90 Å². The number of aliphatic hydroxyl groups excluding tert-OH is 1. The zero-order chi connectivity index (χ0) is 33.9. The van der Waals surface area contributed by atoms with Gasteiger partial charge >= 0.3 is 0 Å². The maximum atomic E-state index is 9.91. The van der Waals surface area contributed by atoms with Gasteiger partial charge in [-0.15, -0.1) is 0 Å². The molecule has 0 amide bonds. The van der Waals surface area contributed by atoms with E-state index in [1.165, 1.54) is 128 Å². The van der Waals surface area contributed by atoms with Crippen LogP contribution in [0.25, 0.3) is 0 Å². The molecule has 0 aliphatic carbocycles. The molecule has 0 saturated carbocycles. The normalized spacial score (nSPS) is 18.3. The average Bonchev–Trinajstić information content (AvgIpc) is 3.44. The first-order valence-electron chi connectivity index (χ1n) is 20.4. The monoisotopic (exact) mass is 658 g/mol. The van der Waals surface area contributed by atoms with Gasteiger partial charge in [0.25, 0.3) is 0 Å². The lowest BCUT2D eigenvalue weighted by Crippen LogP contribution is -2.30. The van der Waals surface area contributed by atoms with E-state index in [4.69, 9.17) is 9.47 Å². The summed E-state index contributed by atoms with van der Waals surface area (Å²) in [6, 6.07) is 0. The highest BCUT2D eigenvalue weighted by molar-refractivity contribution is 4.93. The fraction of sp³-hybridized carbons (Fsp3) is 0.814. The van der Waals surface area contributed by atoms with Gasteiger partial charge in [0.05, 0.1) is 18.3 Å². The van der Waals surface area contributed by atoms with Crippen LogP contribution < -0.4 is 0 Å². The number of rotatable bonds is 34. The van der Waals surface area contributed by atoms with Crippen molar-refractivity contribution in [2.24, 2.45) is 0 Å². The fourth-order valence-corrected chi connectivity index (χ4v) is 6.31. The van der Waals surface area contributed by atoms with Gasteiger partial charge in [-0.25, -0.2) is 0 Å². The minimum atomic E-state index is -0.310. The Bertz CT molecular complexity index is 700. The van der Waals surface area contributed by atoms with Gasteiger partial charge in [0.2, 0.25) is 0 Å². The van der Waals surface area contributed by atoms with Crippen molar-refractivity contribution in [3.63, 3.8) is 0 Å². The van der Waals surface area contributed by atoms with Crippen molar-refractivity contribution in [2.45, 2.75) is 193 Å². The highest BCUT2D eigenvalue weighted by atomic mass is 16.5. The minimum absolute atomic E-state index is 0.135. The van der Waals surface area contributed by atoms with Crippen molar-refractivity contribution in [2.75, 3.05) is 32.8 Å². The van der Waals surface area contributed by atoms with Crippen LogP contribution in [-0.4, -0.2) is 61.2 Å². The van der Waals surface area contributed by atoms with Gasteiger partial charge in [0.1, 0.15) is 0 Å². The standard InChI is InChI=1S/C43H79NO3/c1-4-6-8-10-12-14-16-18-20-22-24-26-28-30-32-34-36-46-42-39-44(38-41(3)45)40-43(42)47-37-35-33-31-29-27-25-23-21-19-17-15-13-11-9-7-5-2/h12-15,18-21,41-43,45H,4-11,16-17,22-40H2,1-3H3/t41?,42-,43-/m1/s1. The average molecular weight is 658 g/mol. The van der Waals surface area contributed by atoms with E-state index in [1.807, 2.05) is 6.92 Å². The molecule has 4 heteroatoms. The van der Waals surface area contributed by atoms with Gasteiger partial charge in [-0.2, -0.15) is 0 Å². The van der Waals surface area contributed by atoms with Crippen LogP contribution >= 0.6 is 0 Å². The Balaban J connectivity index is 2.04. The molecule has 1 N–H and O–H groups in total. The number of ether oxygens (including phenoxy) is 2. The van der Waals surface area contributed by atoms with Crippen molar-refractivity contribution >= 4 is 0 Å². The third-order valence-electron chi connectivity index (χ3n) is 9.17. The Labute approximate surface area is 293 Å². The molecule has 1 rings (SSSR count). The lowest BCUT2D eigenvalue weighted by molar-refractivity contribution is -0.0481. The van der Waals surface area contributed by atoms with Crippen LogP contribution in [0.5, 0.6) is 0 Å². The summed E-state index contributed by atoms with van der Waals surface area (Å²) in [5.74, 6) is 0. The largest absolute Gasteiger partial charge is 0.392 e. The van der Waals surface area contributed by atoms with Crippen molar-refractivity contribution in [3.05, 3.63) is 48.6 Å². The van der Waals surface area contributed by atoms with Gasteiger partial charge in [-0.3, -0.25) is 4.90 Å². The number of nitrogens with zero attached hydrogens (tertiary/aromatic N) is 1. The minimum Gasteiger partial charge on any atom is -0.392 e. The molecule has 0 bridgehead atoms. The molecule has 0 aromatic rings. The summed E-state index contributed by atoms with van der Waals surface area (Å²) in [6.07, 6.45) is 49.0. The molecule has 47 heavy (non-hydrogen) atoms. The zero-order valence-electron chi connectivity index (χ0n) is 31.6. The second kappa shape index (κ2) is 34.7. The van der Waals surface area contributed by atoms with Gasteiger partial charge in [-0.1, -0.05) is 140 Å². The lowest BCUT2D eigenvalue weighted by atomic mass is 10.1. The van der Waals surface area contributed by atoms with E-state index in [-0.39, 0.29) is 18.3 Å². The summed E-state index contributed by atoms with van der Waals surface area (Å²) in [7, 11) is 0. The maximum Gasteiger partial charge on any atom is 0.0975 e. The molecule has 1 fully saturated rings. The topological polar surface area (TPSA) is 41.9 Å². The number of β-amino-alcohol motifs (C(OH)–C–C–N with tert-alkyl or cyclic N) is 1. The third kappa shape index (κ3) is 29.4. The smallest absolute Gasteiger partial charge is 0.0975 e. The van der Waals surface area contributed by atoms with E-state index in [0.29, 0.717) is 6.54 Å². The molecule has 0 spiro atoms. The predicted molar refractivity (Wildman–Crippen MR) is 206 cm³/mol. The molecular formula is C43H79NO3. The lowest BCUT2D eigenvalue weighted by Gasteiger charge is -2.20. The SMILES string of the molecule is CCCCCC=CCC=CCCCCCCCCO[C@@H]1CN(CC(C)O)C[C@H]1OCCCCCCCCC=CCC=CCCCCC. The van der Waals surface area contributed by atoms with E-state index >= 15 is 0 Å². The Hall–Kier alpha value is -1.20. The number of allylic oxidation sites excluding steroid dienone is 8. The molecule has 1 saturated heterocycles. The summed E-state index contributed by atoms with van der Waals surface area (Å²) in [6.45, 7) is 10.5. The molecule has 1 heterocycles. The zero-order valence-corrected chi connectivity index (χ0v) is 31.6. The quantitative estimate of drug-likeness (QED) is 0.0552. The Morgan fingerprint density at radius 3 is 1.21 bits per heavy atom. The number of unbranched alkanes of at least 4 members (excludes halogenated alkanes) is 18. The second-order valence-corrected chi connectivity index (χ2v) is 14.1. The third-order valence-corrected chi connectivity index (χ3v) is 9.17. The van der Waals surface area contributed by atoms with Crippen LogP contribution in [0.1, 0.15) is 175 Å². The maximum absolute atomic E-state index is 9.91. The summed E-state index contributed by atoms with van der Waals surface area (Å²) < 4.78 is 12.7. The Morgan fingerprint density at radius 2 is 0.851 bits per heavy atom. The van der Waals surface area contributed by atoms with Gasteiger partial charge in [0.15, 0.2) is 0 Å². The molecule has 1 aliphatic rings.